The monoisotopic (exact) mass is 957 g/mol. The van der Waals surface area contributed by atoms with E-state index in [1.807, 2.05) is 21.1 Å². The largest absolute Gasteiger partial charge is 0.472 e. The number of esters is 2. The van der Waals surface area contributed by atoms with Crippen molar-refractivity contribution >= 4 is 19.8 Å². The summed E-state index contributed by atoms with van der Waals surface area (Å²) in [7, 11) is 1.49. The van der Waals surface area contributed by atoms with E-state index in [4.69, 9.17) is 18.5 Å². The first-order chi connectivity index (χ1) is 32.0. The van der Waals surface area contributed by atoms with E-state index in [9.17, 15) is 19.0 Å². The Morgan fingerprint density at radius 1 is 0.455 bits per heavy atom. The molecule has 2 atom stereocenters. The van der Waals surface area contributed by atoms with E-state index in [1.165, 1.54) is 199 Å². The summed E-state index contributed by atoms with van der Waals surface area (Å²) >= 11 is 0. The van der Waals surface area contributed by atoms with Gasteiger partial charge in [-0.2, -0.15) is 0 Å². The minimum atomic E-state index is -4.38. The van der Waals surface area contributed by atoms with Gasteiger partial charge in [-0.1, -0.05) is 244 Å². The number of likely N-dealkylation sites (N-methyl/N-ethyl adjacent to an activating group) is 1. The molecule has 0 heterocycles. The summed E-state index contributed by atoms with van der Waals surface area (Å²) in [5.74, 6) is -0.794. The van der Waals surface area contributed by atoms with Crippen molar-refractivity contribution in [1.29, 1.82) is 0 Å². The molecular weight excluding hydrogens is 846 g/mol. The molecule has 392 valence electrons. The summed E-state index contributed by atoms with van der Waals surface area (Å²) in [5, 5.41) is 0. The lowest BCUT2D eigenvalue weighted by atomic mass is 10.0. The number of phosphoric ester groups is 1. The minimum Gasteiger partial charge on any atom is -0.462 e. The first-order valence-electron chi connectivity index (χ1n) is 28.4. The van der Waals surface area contributed by atoms with Crippen molar-refractivity contribution < 1.29 is 42.1 Å². The quantitative estimate of drug-likeness (QED) is 0.0211. The molecule has 0 radical (unpaired) electrons. The molecule has 10 heteroatoms. The Balaban J connectivity index is 3.96. The third-order valence-electron chi connectivity index (χ3n) is 12.8. The predicted molar refractivity (Wildman–Crippen MR) is 280 cm³/mol. The molecule has 0 aromatic heterocycles. The third kappa shape index (κ3) is 52.1. The van der Waals surface area contributed by atoms with Gasteiger partial charge in [0.15, 0.2) is 6.10 Å². The van der Waals surface area contributed by atoms with E-state index in [1.54, 1.807) is 0 Å². The molecule has 0 rings (SSSR count). The van der Waals surface area contributed by atoms with Gasteiger partial charge in [0.05, 0.1) is 27.7 Å². The molecule has 0 aliphatic rings. The first-order valence-corrected chi connectivity index (χ1v) is 29.9. The Bertz CT molecular complexity index is 1130. The zero-order valence-electron chi connectivity index (χ0n) is 44.5. The number of carbonyl (C=O) groups excluding carboxylic acids is 2. The Labute approximate surface area is 409 Å². The maximum absolute atomic E-state index is 12.7. The normalized spacial score (nSPS) is 13.4. The van der Waals surface area contributed by atoms with Crippen molar-refractivity contribution in [2.75, 3.05) is 47.5 Å². The van der Waals surface area contributed by atoms with Gasteiger partial charge >= 0.3 is 19.8 Å². The van der Waals surface area contributed by atoms with Crippen molar-refractivity contribution in [3.05, 3.63) is 12.2 Å². The molecule has 0 aromatic carbocycles. The van der Waals surface area contributed by atoms with Gasteiger partial charge in [-0.05, 0) is 38.5 Å². The third-order valence-corrected chi connectivity index (χ3v) is 13.8. The van der Waals surface area contributed by atoms with Gasteiger partial charge in [-0.25, -0.2) is 4.57 Å². The van der Waals surface area contributed by atoms with E-state index in [-0.39, 0.29) is 25.6 Å². The van der Waals surface area contributed by atoms with Crippen LogP contribution < -0.4 is 0 Å². The van der Waals surface area contributed by atoms with Crippen molar-refractivity contribution in [2.24, 2.45) is 0 Å². The van der Waals surface area contributed by atoms with Crippen LogP contribution in [-0.4, -0.2) is 74.9 Å². The molecule has 0 spiro atoms. The molecule has 0 aliphatic carbocycles. The van der Waals surface area contributed by atoms with Gasteiger partial charge in [-0.3, -0.25) is 18.6 Å². The molecule has 0 saturated carbocycles. The van der Waals surface area contributed by atoms with Gasteiger partial charge in [0.2, 0.25) is 0 Å². The molecule has 0 bridgehead atoms. The number of rotatable bonds is 53. The van der Waals surface area contributed by atoms with Crippen LogP contribution in [0.2, 0.25) is 0 Å². The van der Waals surface area contributed by atoms with E-state index in [0.29, 0.717) is 23.9 Å². The van der Waals surface area contributed by atoms with Crippen LogP contribution in [0.5, 0.6) is 0 Å². The van der Waals surface area contributed by atoms with Crippen molar-refractivity contribution in [1.82, 2.24) is 0 Å². The smallest absolute Gasteiger partial charge is 0.462 e. The zero-order valence-corrected chi connectivity index (χ0v) is 45.4. The summed E-state index contributed by atoms with van der Waals surface area (Å²) in [6.07, 6.45) is 55.9. The number of nitrogens with zero attached hydrogens (tertiary/aromatic N) is 1. The standard InChI is InChI=1S/C56H110NO8P/c1-6-8-10-12-14-16-18-20-21-22-23-24-25-26-27-28-29-30-31-32-33-34-35-36-37-39-40-42-44-46-48-55(58)62-52-54(53-64-66(60,61)63-51-50-57(3,4)5)65-56(59)49-47-45-43-41-38-19-17-15-13-11-9-7-2/h15,17,54H,6-14,16,18-53H2,1-5H3/p+1/b17-15-. The second kappa shape index (κ2) is 48.8. The maximum atomic E-state index is 12.7. The molecular formula is C56H111NO8P+. The molecule has 0 aliphatic heterocycles. The number of carbonyl (C=O) groups is 2. The van der Waals surface area contributed by atoms with Crippen LogP contribution in [0, 0.1) is 0 Å². The van der Waals surface area contributed by atoms with Crippen LogP contribution >= 0.6 is 7.82 Å². The highest BCUT2D eigenvalue weighted by molar-refractivity contribution is 7.47. The van der Waals surface area contributed by atoms with Crippen LogP contribution in [0.3, 0.4) is 0 Å². The number of quaternary nitrogens is 1. The lowest BCUT2D eigenvalue weighted by Crippen LogP contribution is -2.37. The van der Waals surface area contributed by atoms with Crippen LogP contribution in [0.4, 0.5) is 0 Å². The van der Waals surface area contributed by atoms with Crippen LogP contribution in [0.25, 0.3) is 0 Å². The average Bonchev–Trinajstić information content (AvgIpc) is 3.27. The molecule has 9 nitrogen and oxygen atoms in total. The van der Waals surface area contributed by atoms with E-state index in [2.05, 4.69) is 26.0 Å². The number of phosphoric acid groups is 1. The van der Waals surface area contributed by atoms with Crippen LogP contribution in [0.1, 0.15) is 284 Å². The first kappa shape index (κ1) is 64.8. The number of unbranched alkanes of at least 4 members (excludes halogenated alkanes) is 37. The number of hydrogen-bond donors (Lipinski definition) is 1. The molecule has 66 heavy (non-hydrogen) atoms. The molecule has 0 amide bonds. The van der Waals surface area contributed by atoms with Crippen molar-refractivity contribution in [3.8, 4) is 0 Å². The van der Waals surface area contributed by atoms with Crippen molar-refractivity contribution in [2.45, 2.75) is 290 Å². The fourth-order valence-corrected chi connectivity index (χ4v) is 9.11. The van der Waals surface area contributed by atoms with Crippen molar-refractivity contribution in [3.63, 3.8) is 0 Å². The predicted octanol–water partition coefficient (Wildman–Crippen LogP) is 17.3. The Kier molecular flexibility index (Phi) is 47.8. The number of allylic oxidation sites excluding steroid dienone is 2. The summed E-state index contributed by atoms with van der Waals surface area (Å²) in [5.41, 5.74) is 0. The number of ether oxygens (including phenoxy) is 2. The average molecular weight is 957 g/mol. The summed E-state index contributed by atoms with van der Waals surface area (Å²) in [4.78, 5) is 35.5. The molecule has 0 aromatic rings. The second-order valence-corrected chi connectivity index (χ2v) is 22.1. The summed E-state index contributed by atoms with van der Waals surface area (Å²) in [6, 6.07) is 0. The van der Waals surface area contributed by atoms with Gasteiger partial charge < -0.3 is 18.9 Å². The van der Waals surface area contributed by atoms with Gasteiger partial charge in [0, 0.05) is 12.8 Å². The van der Waals surface area contributed by atoms with Gasteiger partial charge in [0.1, 0.15) is 19.8 Å². The van der Waals surface area contributed by atoms with E-state index >= 15 is 0 Å². The van der Waals surface area contributed by atoms with Gasteiger partial charge in [-0.15, -0.1) is 0 Å². The highest BCUT2D eigenvalue weighted by Crippen LogP contribution is 2.43. The summed E-state index contributed by atoms with van der Waals surface area (Å²) < 4.78 is 34.4. The Hall–Kier alpha value is -1.25. The zero-order chi connectivity index (χ0) is 48.5. The highest BCUT2D eigenvalue weighted by atomic mass is 31.2. The minimum absolute atomic E-state index is 0.0334. The lowest BCUT2D eigenvalue weighted by molar-refractivity contribution is -0.870. The van der Waals surface area contributed by atoms with Gasteiger partial charge in [0.25, 0.3) is 0 Å². The summed E-state index contributed by atoms with van der Waals surface area (Å²) in [6.45, 7) is 4.44. The van der Waals surface area contributed by atoms with Crippen LogP contribution in [0.15, 0.2) is 12.2 Å². The van der Waals surface area contributed by atoms with E-state index in [0.717, 1.165) is 51.4 Å². The lowest BCUT2D eigenvalue weighted by Gasteiger charge is -2.24. The highest BCUT2D eigenvalue weighted by Gasteiger charge is 2.27. The molecule has 0 fully saturated rings. The van der Waals surface area contributed by atoms with Crippen LogP contribution in [-0.2, 0) is 32.7 Å². The Morgan fingerprint density at radius 2 is 0.773 bits per heavy atom. The molecule has 1 N–H and O–H groups in total. The molecule has 2 unspecified atom stereocenters. The Morgan fingerprint density at radius 3 is 1.15 bits per heavy atom. The SMILES string of the molecule is CCCCC/C=C\CCCCCCCC(=O)OC(COC(=O)CCCCCCCCCCCCCCCCCCCCCCCCCCCCCCCC)COP(=O)(O)OCC[N+](C)(C)C. The molecule has 0 saturated heterocycles. The fourth-order valence-electron chi connectivity index (χ4n) is 8.37. The maximum Gasteiger partial charge on any atom is 0.472 e. The topological polar surface area (TPSA) is 108 Å². The fraction of sp³-hybridized carbons (Fsp3) is 0.929. The number of hydrogen-bond acceptors (Lipinski definition) is 7. The second-order valence-electron chi connectivity index (χ2n) is 20.7. The van der Waals surface area contributed by atoms with E-state index < -0.39 is 26.5 Å².